The second-order valence-corrected chi connectivity index (χ2v) is 6.16. The van der Waals surface area contributed by atoms with Crippen molar-refractivity contribution in [2.75, 3.05) is 19.7 Å². The fourth-order valence-corrected chi connectivity index (χ4v) is 3.11. The minimum absolute atomic E-state index is 0.0104. The van der Waals surface area contributed by atoms with Crippen LogP contribution in [0, 0.1) is 0 Å². The predicted molar refractivity (Wildman–Crippen MR) is 91.0 cm³/mol. The van der Waals surface area contributed by atoms with Gasteiger partial charge in [0.1, 0.15) is 11.6 Å². The third kappa shape index (κ3) is 2.89. The van der Waals surface area contributed by atoms with Crippen molar-refractivity contribution in [2.45, 2.75) is 19.6 Å². The van der Waals surface area contributed by atoms with Crippen LogP contribution in [0.5, 0.6) is 0 Å². The molecule has 1 saturated heterocycles. The van der Waals surface area contributed by atoms with Crippen LogP contribution in [0.15, 0.2) is 30.6 Å². The monoisotopic (exact) mass is 340 g/mol. The topological polar surface area (TPSA) is 78.1 Å². The van der Waals surface area contributed by atoms with Crippen LogP contribution in [0.1, 0.15) is 28.9 Å². The number of nitrogens with zero attached hydrogens (tertiary/aromatic N) is 6. The van der Waals surface area contributed by atoms with Crippen molar-refractivity contribution in [3.63, 3.8) is 0 Å². The first-order chi connectivity index (χ1) is 12.2. The van der Waals surface area contributed by atoms with E-state index < -0.39 is 0 Å². The highest BCUT2D eigenvalue weighted by atomic mass is 16.5. The molecule has 0 bridgehead atoms. The Morgan fingerprint density at radius 2 is 2.28 bits per heavy atom. The van der Waals surface area contributed by atoms with Gasteiger partial charge < -0.3 is 9.64 Å². The number of benzene rings is 1. The van der Waals surface area contributed by atoms with Gasteiger partial charge in [-0.2, -0.15) is 5.10 Å². The van der Waals surface area contributed by atoms with Gasteiger partial charge in [0, 0.05) is 37.5 Å². The van der Waals surface area contributed by atoms with E-state index in [9.17, 15) is 4.79 Å². The number of aromatic nitrogens is 5. The van der Waals surface area contributed by atoms with Crippen LogP contribution in [0.4, 0.5) is 0 Å². The van der Waals surface area contributed by atoms with Gasteiger partial charge in [0.2, 0.25) is 0 Å². The number of fused-ring (bicyclic) bond motifs is 1. The van der Waals surface area contributed by atoms with Gasteiger partial charge in [-0.3, -0.25) is 9.48 Å². The first kappa shape index (κ1) is 15.8. The third-order valence-corrected chi connectivity index (χ3v) is 4.56. The van der Waals surface area contributed by atoms with Crippen LogP contribution in [0.2, 0.25) is 0 Å². The van der Waals surface area contributed by atoms with Crippen molar-refractivity contribution in [1.82, 2.24) is 29.7 Å². The molecule has 1 aromatic carbocycles. The minimum Gasteiger partial charge on any atom is -0.370 e. The highest BCUT2D eigenvalue weighted by Crippen LogP contribution is 2.23. The fourth-order valence-electron chi connectivity index (χ4n) is 3.11. The van der Waals surface area contributed by atoms with Gasteiger partial charge >= 0.3 is 0 Å². The van der Waals surface area contributed by atoms with Crippen LogP contribution in [-0.2, 0) is 18.3 Å². The van der Waals surface area contributed by atoms with E-state index in [0.717, 1.165) is 23.1 Å². The lowest BCUT2D eigenvalue weighted by atomic mass is 10.1. The summed E-state index contributed by atoms with van der Waals surface area (Å²) in [6.07, 6.45) is 3.65. The van der Waals surface area contributed by atoms with Crippen LogP contribution in [0.25, 0.3) is 11.0 Å². The van der Waals surface area contributed by atoms with Crippen molar-refractivity contribution in [2.24, 2.45) is 7.05 Å². The number of hydrogen-bond acceptors (Lipinski definition) is 5. The normalized spacial score (nSPS) is 18.0. The van der Waals surface area contributed by atoms with E-state index in [-0.39, 0.29) is 12.0 Å². The van der Waals surface area contributed by atoms with Gasteiger partial charge in [-0.15, -0.1) is 5.10 Å². The van der Waals surface area contributed by atoms with E-state index in [1.807, 2.05) is 48.1 Å². The molecule has 0 aliphatic carbocycles. The molecule has 1 amide bonds. The average Bonchev–Trinajstić information content (AvgIpc) is 3.28. The van der Waals surface area contributed by atoms with Crippen molar-refractivity contribution < 1.29 is 9.53 Å². The Morgan fingerprint density at radius 3 is 3.08 bits per heavy atom. The molecule has 2 aromatic heterocycles. The molecule has 3 aromatic rings. The standard InChI is InChI=1S/C17H20N6O2/c1-3-23-10-13(9-18-23)16-11-22(6-7-25-16)17(24)12-4-5-15-14(8-12)19-20-21(15)2/h4-5,8-10,16H,3,6-7,11H2,1-2H3/t16-/m1/s1. The van der Waals surface area contributed by atoms with Gasteiger partial charge in [0.25, 0.3) is 5.91 Å². The Kier molecular flexibility index (Phi) is 3.96. The van der Waals surface area contributed by atoms with E-state index in [1.165, 1.54) is 0 Å². The molecule has 0 N–H and O–H groups in total. The Bertz CT molecular complexity index is 915. The molecule has 1 fully saturated rings. The SMILES string of the molecule is CCn1cc([C@H]2CN(C(=O)c3ccc4c(c3)nnn4C)CCO2)cn1. The third-order valence-electron chi connectivity index (χ3n) is 4.56. The van der Waals surface area contributed by atoms with E-state index >= 15 is 0 Å². The van der Waals surface area contributed by atoms with Crippen molar-refractivity contribution >= 4 is 16.9 Å². The van der Waals surface area contributed by atoms with E-state index in [0.29, 0.717) is 25.3 Å². The van der Waals surface area contributed by atoms with Gasteiger partial charge in [0.05, 0.1) is 24.9 Å². The lowest BCUT2D eigenvalue weighted by molar-refractivity contribution is -0.0228. The number of hydrogen-bond donors (Lipinski definition) is 0. The average molecular weight is 340 g/mol. The van der Waals surface area contributed by atoms with Gasteiger partial charge in [-0.05, 0) is 25.1 Å². The highest BCUT2D eigenvalue weighted by Gasteiger charge is 2.27. The van der Waals surface area contributed by atoms with E-state index in [4.69, 9.17) is 4.74 Å². The Morgan fingerprint density at radius 1 is 1.40 bits per heavy atom. The van der Waals surface area contributed by atoms with Crippen molar-refractivity contribution in [1.29, 1.82) is 0 Å². The van der Waals surface area contributed by atoms with Gasteiger partial charge in [-0.1, -0.05) is 5.21 Å². The fraction of sp³-hybridized carbons (Fsp3) is 0.412. The summed E-state index contributed by atoms with van der Waals surface area (Å²) in [5.41, 5.74) is 3.26. The molecule has 130 valence electrons. The number of rotatable bonds is 3. The summed E-state index contributed by atoms with van der Waals surface area (Å²) in [7, 11) is 1.83. The first-order valence-electron chi connectivity index (χ1n) is 8.38. The molecule has 1 aliphatic rings. The number of aryl methyl sites for hydroxylation is 2. The molecule has 0 unspecified atom stereocenters. The summed E-state index contributed by atoms with van der Waals surface area (Å²) < 4.78 is 9.40. The molecule has 8 nitrogen and oxygen atoms in total. The van der Waals surface area contributed by atoms with Crippen molar-refractivity contribution in [3.05, 3.63) is 41.7 Å². The molecule has 3 heterocycles. The summed E-state index contributed by atoms with van der Waals surface area (Å²) in [6, 6.07) is 5.50. The van der Waals surface area contributed by atoms with Crippen molar-refractivity contribution in [3.8, 4) is 0 Å². The first-order valence-corrected chi connectivity index (χ1v) is 8.38. The largest absolute Gasteiger partial charge is 0.370 e. The number of carbonyl (C=O) groups is 1. The zero-order valence-electron chi connectivity index (χ0n) is 14.3. The summed E-state index contributed by atoms with van der Waals surface area (Å²) in [5, 5.41) is 12.4. The van der Waals surface area contributed by atoms with Crippen LogP contribution < -0.4 is 0 Å². The predicted octanol–water partition coefficient (Wildman–Crippen LogP) is 1.40. The zero-order chi connectivity index (χ0) is 17.4. The molecule has 0 saturated carbocycles. The highest BCUT2D eigenvalue weighted by molar-refractivity contribution is 5.97. The maximum atomic E-state index is 12.9. The van der Waals surface area contributed by atoms with Crippen LogP contribution in [-0.4, -0.2) is 55.3 Å². The minimum atomic E-state index is -0.141. The van der Waals surface area contributed by atoms with E-state index in [2.05, 4.69) is 15.4 Å². The Hall–Kier alpha value is -2.74. The maximum absolute atomic E-state index is 12.9. The smallest absolute Gasteiger partial charge is 0.254 e. The molecule has 8 heteroatoms. The second-order valence-electron chi connectivity index (χ2n) is 6.16. The summed E-state index contributed by atoms with van der Waals surface area (Å²) in [5.74, 6) is -0.0104. The number of amides is 1. The van der Waals surface area contributed by atoms with Crippen LogP contribution >= 0.6 is 0 Å². The molecule has 4 rings (SSSR count). The second kappa shape index (κ2) is 6.29. The van der Waals surface area contributed by atoms with Gasteiger partial charge in [0.15, 0.2) is 0 Å². The summed E-state index contributed by atoms with van der Waals surface area (Å²) in [4.78, 5) is 14.7. The summed E-state index contributed by atoms with van der Waals surface area (Å²) in [6.45, 7) is 4.47. The molecule has 0 spiro atoms. The lowest BCUT2D eigenvalue weighted by Gasteiger charge is -2.32. The number of carbonyl (C=O) groups excluding carboxylic acids is 1. The number of morpholine rings is 1. The Labute approximate surface area is 145 Å². The number of ether oxygens (including phenoxy) is 1. The lowest BCUT2D eigenvalue weighted by Crippen LogP contribution is -2.42. The van der Waals surface area contributed by atoms with E-state index in [1.54, 1.807) is 10.7 Å². The Balaban J connectivity index is 1.54. The zero-order valence-corrected chi connectivity index (χ0v) is 14.3. The molecular formula is C17H20N6O2. The molecule has 1 atom stereocenters. The maximum Gasteiger partial charge on any atom is 0.254 e. The van der Waals surface area contributed by atoms with Gasteiger partial charge in [-0.25, -0.2) is 4.68 Å². The molecular weight excluding hydrogens is 320 g/mol. The molecule has 25 heavy (non-hydrogen) atoms. The van der Waals surface area contributed by atoms with Crippen LogP contribution in [0.3, 0.4) is 0 Å². The molecule has 1 aliphatic heterocycles. The molecule has 0 radical (unpaired) electrons. The summed E-state index contributed by atoms with van der Waals surface area (Å²) >= 11 is 0. The quantitative estimate of drug-likeness (QED) is 0.720.